The van der Waals surface area contributed by atoms with Crippen molar-refractivity contribution in [2.24, 2.45) is 0 Å². The first-order valence-corrected chi connectivity index (χ1v) is 26.2. The minimum absolute atomic E-state index is 0.0718. The third-order valence-corrected chi connectivity index (χ3v) is 15.0. The van der Waals surface area contributed by atoms with Crippen molar-refractivity contribution < 1.29 is 18.9 Å². The van der Waals surface area contributed by atoms with Crippen LogP contribution in [0.2, 0.25) is 0 Å². The van der Waals surface area contributed by atoms with E-state index < -0.39 is 0 Å². The summed E-state index contributed by atoms with van der Waals surface area (Å²) in [5, 5.41) is 6.64. The highest BCUT2D eigenvalue weighted by Gasteiger charge is 2.52. The Morgan fingerprint density at radius 2 is 1.05 bits per heavy atom. The third-order valence-electron chi connectivity index (χ3n) is 14.7. The van der Waals surface area contributed by atoms with Crippen molar-refractivity contribution in [1.82, 2.24) is 48.3 Å². The van der Waals surface area contributed by atoms with E-state index in [1.165, 1.54) is 0 Å². The van der Waals surface area contributed by atoms with Crippen LogP contribution in [-0.2, 0) is 9.31 Å². The predicted octanol–water partition coefficient (Wildman–Crippen LogP) is 7.92. The number of anilines is 6. The Morgan fingerprint density at radius 1 is 0.605 bits per heavy atom. The second-order valence-corrected chi connectivity index (χ2v) is 21.3. The SMILES string of the molecule is CN1CCN(C(=O)c2ccc(Nc3nc(Br)cn4ccnc34)cc2)CC1.Cc1c(N)cccc1-c1cn2ccnc2c(Nc2ccc(C(=O)N3CCN(C)CC3)cc2)n1.Cc1c(N)cccc1B1OC(C)(C)C(C)(C)O1. The molecule has 0 aliphatic carbocycles. The predicted molar refractivity (Wildman–Crippen MR) is 306 cm³/mol. The molecule has 3 fully saturated rings. The van der Waals surface area contributed by atoms with Crippen molar-refractivity contribution in [2.45, 2.75) is 52.7 Å². The zero-order valence-electron chi connectivity index (χ0n) is 44.4. The van der Waals surface area contributed by atoms with E-state index in [4.69, 9.17) is 25.8 Å². The third kappa shape index (κ3) is 11.9. The number of nitrogen functional groups attached to an aromatic ring is 2. The molecule has 3 aliphatic rings. The number of nitrogens with one attached hydrogen (secondary N) is 2. The number of rotatable bonds is 8. The number of piperazine rings is 2. The zero-order chi connectivity index (χ0) is 53.9. The van der Waals surface area contributed by atoms with Crippen LogP contribution in [0.15, 0.2) is 127 Å². The van der Waals surface area contributed by atoms with Crippen LogP contribution in [0.4, 0.5) is 34.4 Å². The summed E-state index contributed by atoms with van der Waals surface area (Å²) in [7, 11) is 3.83. The molecule has 4 aromatic heterocycles. The lowest BCUT2D eigenvalue weighted by atomic mass is 9.76. The van der Waals surface area contributed by atoms with Crippen molar-refractivity contribution in [3.05, 3.63) is 149 Å². The topological polar surface area (TPSA) is 202 Å². The van der Waals surface area contributed by atoms with Gasteiger partial charge in [-0.1, -0.05) is 24.3 Å². The van der Waals surface area contributed by atoms with Crippen molar-refractivity contribution in [3.8, 4) is 11.3 Å². The van der Waals surface area contributed by atoms with Crippen LogP contribution < -0.4 is 27.6 Å². The van der Waals surface area contributed by atoms with Gasteiger partial charge in [-0.05, 0) is 149 Å². The van der Waals surface area contributed by atoms with Gasteiger partial charge >= 0.3 is 7.12 Å². The Kier molecular flexibility index (Phi) is 15.8. The van der Waals surface area contributed by atoms with Gasteiger partial charge in [0.15, 0.2) is 22.9 Å². The summed E-state index contributed by atoms with van der Waals surface area (Å²) < 4.78 is 16.6. The fourth-order valence-corrected chi connectivity index (χ4v) is 9.41. The van der Waals surface area contributed by atoms with Crippen molar-refractivity contribution >= 4 is 86.0 Å². The molecule has 0 unspecified atom stereocenters. The van der Waals surface area contributed by atoms with E-state index in [9.17, 15) is 9.59 Å². The number of aromatic nitrogens is 6. The molecular formula is C56H66BBrN14O4. The summed E-state index contributed by atoms with van der Waals surface area (Å²) in [6, 6.07) is 26.7. The van der Waals surface area contributed by atoms with E-state index in [0.29, 0.717) is 27.4 Å². The summed E-state index contributed by atoms with van der Waals surface area (Å²) in [6.07, 6.45) is 11.0. The standard InChI is InChI=1S/C25H27N7O.C18H19BrN6O.C13H20BNO2/c1-17-20(4-3-5-21(17)26)22-16-32-11-10-27-24(32)23(29-22)28-19-8-6-18(7-9-19)25(33)31-14-12-30(2)13-15-31;1-23-8-10-24(11-9-23)18(26)13-2-4-14(5-3-13)21-16-17-20-6-7-25(17)12-15(19)22-16;1-9-10(7-6-8-11(9)15)14-16-12(2,3)13(4,5)17-14/h3-11,16H,12-15,26H2,1-2H3,(H,28,29);2-7,12H,8-11H2,1H3,(H,21,22);6-8H,15H2,1-5H3. The Labute approximate surface area is 452 Å². The first-order chi connectivity index (χ1) is 36.3. The van der Waals surface area contributed by atoms with Gasteiger partial charge in [0.2, 0.25) is 0 Å². The van der Waals surface area contributed by atoms with Gasteiger partial charge in [-0.15, -0.1) is 0 Å². The van der Waals surface area contributed by atoms with Gasteiger partial charge in [-0.3, -0.25) is 9.59 Å². The van der Waals surface area contributed by atoms with Crippen LogP contribution >= 0.6 is 15.9 Å². The van der Waals surface area contributed by atoms with E-state index in [1.54, 1.807) is 12.4 Å². The van der Waals surface area contributed by atoms with Crippen LogP contribution in [-0.4, -0.2) is 145 Å². The molecule has 18 nitrogen and oxygen atoms in total. The summed E-state index contributed by atoms with van der Waals surface area (Å²) in [5.74, 6) is 1.45. The molecule has 3 aliphatic heterocycles. The van der Waals surface area contributed by atoms with Gasteiger partial charge in [0.05, 0.1) is 16.9 Å². The minimum atomic E-state index is -0.330. The van der Waals surface area contributed by atoms with Crippen molar-refractivity contribution in [1.29, 1.82) is 0 Å². The summed E-state index contributed by atoms with van der Waals surface area (Å²) in [6.45, 7) is 18.9. The molecule has 8 aromatic rings. The molecule has 0 saturated carbocycles. The number of fused-ring (bicyclic) bond motifs is 2. The van der Waals surface area contributed by atoms with E-state index in [0.717, 1.165) is 114 Å². The smallest absolute Gasteiger partial charge is 0.399 e. The average Bonchev–Trinajstić information content (AvgIpc) is 4.16. The zero-order valence-corrected chi connectivity index (χ0v) is 46.0. The van der Waals surface area contributed by atoms with Gasteiger partial charge in [0, 0.05) is 129 Å². The molecule has 3 saturated heterocycles. The minimum Gasteiger partial charge on any atom is -0.399 e. The Balaban J connectivity index is 0.000000147. The molecule has 0 atom stereocenters. The Bertz CT molecular complexity index is 3330. The van der Waals surface area contributed by atoms with Gasteiger partial charge in [0.25, 0.3) is 11.8 Å². The molecule has 6 N–H and O–H groups in total. The Hall–Kier alpha value is -7.36. The molecule has 0 radical (unpaired) electrons. The highest BCUT2D eigenvalue weighted by molar-refractivity contribution is 9.10. The van der Waals surface area contributed by atoms with Crippen LogP contribution in [0.5, 0.6) is 0 Å². The summed E-state index contributed by atoms with van der Waals surface area (Å²) in [5.41, 5.74) is 22.3. The Morgan fingerprint density at radius 3 is 1.55 bits per heavy atom. The number of likely N-dealkylation sites (N-methyl/N-ethyl adjacent to an activating group) is 2. The van der Waals surface area contributed by atoms with Crippen LogP contribution in [0, 0.1) is 13.8 Å². The average molecular weight is 1090 g/mol. The number of benzene rings is 4. The molecular weight excluding hydrogens is 1020 g/mol. The molecule has 76 heavy (non-hydrogen) atoms. The molecule has 11 rings (SSSR count). The monoisotopic (exact) mass is 1090 g/mol. The summed E-state index contributed by atoms with van der Waals surface area (Å²) in [4.78, 5) is 51.8. The maximum atomic E-state index is 12.8. The number of imidazole rings is 2. The first kappa shape index (κ1) is 53.5. The molecule has 2 amide bonds. The maximum absolute atomic E-state index is 12.8. The number of nitrogens with zero attached hydrogens (tertiary/aromatic N) is 10. The highest BCUT2D eigenvalue weighted by atomic mass is 79.9. The largest absolute Gasteiger partial charge is 0.495 e. The molecule has 20 heteroatoms. The number of nitrogens with two attached hydrogens (primary N) is 2. The molecule has 394 valence electrons. The van der Waals surface area contributed by atoms with Crippen molar-refractivity contribution in [2.75, 3.05) is 88.6 Å². The fourth-order valence-electron chi connectivity index (χ4n) is 9.01. The first-order valence-electron chi connectivity index (χ1n) is 25.4. The quantitative estimate of drug-likeness (QED) is 0.0845. The van der Waals surface area contributed by atoms with Gasteiger partial charge in [-0.25, -0.2) is 19.9 Å². The molecule has 4 aromatic carbocycles. The van der Waals surface area contributed by atoms with E-state index in [-0.39, 0.29) is 30.1 Å². The normalized spacial score (nSPS) is 16.5. The molecule has 0 spiro atoms. The van der Waals surface area contributed by atoms with Crippen LogP contribution in [0.25, 0.3) is 22.6 Å². The van der Waals surface area contributed by atoms with Gasteiger partial charge < -0.3 is 59.8 Å². The lowest BCUT2D eigenvalue weighted by molar-refractivity contribution is 0.00578. The number of carbonyl (C=O) groups is 2. The van der Waals surface area contributed by atoms with E-state index >= 15 is 0 Å². The van der Waals surface area contributed by atoms with Crippen LogP contribution in [0.3, 0.4) is 0 Å². The number of hydrogen-bond donors (Lipinski definition) is 4. The number of hydrogen-bond acceptors (Lipinski definition) is 14. The van der Waals surface area contributed by atoms with E-state index in [1.807, 2.05) is 142 Å². The molecule has 0 bridgehead atoms. The fraction of sp³-hybridized carbons (Fsp3) is 0.321. The van der Waals surface area contributed by atoms with Crippen LogP contribution in [0.1, 0.15) is 59.5 Å². The number of halogens is 1. The summed E-state index contributed by atoms with van der Waals surface area (Å²) >= 11 is 3.41. The molecule has 7 heterocycles. The van der Waals surface area contributed by atoms with E-state index in [2.05, 4.69) is 93.1 Å². The lowest BCUT2D eigenvalue weighted by Crippen LogP contribution is -2.47. The number of carbonyl (C=O) groups excluding carboxylic acids is 2. The second kappa shape index (κ2) is 22.5. The van der Waals surface area contributed by atoms with Gasteiger partial charge in [-0.2, -0.15) is 0 Å². The number of amides is 2. The van der Waals surface area contributed by atoms with Gasteiger partial charge in [0.1, 0.15) is 4.60 Å². The maximum Gasteiger partial charge on any atom is 0.495 e. The highest BCUT2D eigenvalue weighted by Crippen LogP contribution is 2.37. The van der Waals surface area contributed by atoms with Crippen molar-refractivity contribution in [3.63, 3.8) is 0 Å². The second-order valence-electron chi connectivity index (χ2n) is 20.5. The lowest BCUT2D eigenvalue weighted by Gasteiger charge is -2.32.